The van der Waals surface area contributed by atoms with Crippen molar-refractivity contribution in [2.24, 2.45) is 5.11 Å². The van der Waals surface area contributed by atoms with Crippen molar-refractivity contribution in [2.45, 2.75) is 25.9 Å². The first-order chi connectivity index (χ1) is 10.9. The third-order valence-electron chi connectivity index (χ3n) is 3.39. The number of azide groups is 1. The van der Waals surface area contributed by atoms with Crippen LogP contribution in [-0.4, -0.2) is 11.4 Å². The van der Waals surface area contributed by atoms with Gasteiger partial charge in [-0.1, -0.05) is 51.4 Å². The number of hydrogen-bond acceptors (Lipinski definition) is 2. The summed E-state index contributed by atoms with van der Waals surface area (Å²) < 4.78 is 0.933. The predicted molar refractivity (Wildman–Crippen MR) is 95.0 cm³/mol. The summed E-state index contributed by atoms with van der Waals surface area (Å²) in [6.45, 7) is 3.64. The van der Waals surface area contributed by atoms with Gasteiger partial charge in [-0.3, -0.25) is 4.79 Å². The summed E-state index contributed by atoms with van der Waals surface area (Å²) in [5, 5.41) is 3.64. The van der Waals surface area contributed by atoms with E-state index in [0.29, 0.717) is 6.54 Å². The van der Waals surface area contributed by atoms with Crippen molar-refractivity contribution in [1.82, 2.24) is 0 Å². The van der Waals surface area contributed by atoms with Gasteiger partial charge in [0.2, 0.25) is 5.91 Å². The molecule has 2 aromatic carbocycles. The largest absolute Gasteiger partial charge is 0.307 e. The molecule has 2 rings (SSSR count). The number of anilines is 1. The average molecular weight is 373 g/mol. The number of benzene rings is 2. The number of hydrogen-bond donors (Lipinski definition) is 0. The zero-order valence-electron chi connectivity index (χ0n) is 13.0. The quantitative estimate of drug-likeness (QED) is 0.410. The van der Waals surface area contributed by atoms with E-state index in [2.05, 4.69) is 26.0 Å². The van der Waals surface area contributed by atoms with Gasteiger partial charge < -0.3 is 4.90 Å². The third kappa shape index (κ3) is 4.34. The molecule has 2 aromatic rings. The third-order valence-corrected chi connectivity index (χ3v) is 3.91. The molecule has 0 fully saturated rings. The molecule has 0 unspecified atom stereocenters. The molecule has 0 saturated heterocycles. The van der Waals surface area contributed by atoms with Crippen molar-refractivity contribution in [3.63, 3.8) is 0 Å². The minimum atomic E-state index is -1.16. The van der Waals surface area contributed by atoms with Gasteiger partial charge in [0, 0.05) is 15.1 Å². The first kappa shape index (κ1) is 17.1. The molecule has 1 amide bonds. The molecule has 0 aromatic heterocycles. The van der Waals surface area contributed by atoms with Crippen LogP contribution in [0.2, 0.25) is 0 Å². The molecule has 0 aliphatic rings. The van der Waals surface area contributed by atoms with E-state index in [-0.39, 0.29) is 5.91 Å². The minimum absolute atomic E-state index is 0.249. The molecule has 0 radical (unpaired) electrons. The zero-order valence-corrected chi connectivity index (χ0v) is 14.6. The van der Waals surface area contributed by atoms with Gasteiger partial charge in [-0.25, -0.2) is 0 Å². The van der Waals surface area contributed by atoms with E-state index in [0.717, 1.165) is 15.7 Å². The molecule has 118 valence electrons. The van der Waals surface area contributed by atoms with Crippen LogP contribution in [0.25, 0.3) is 10.4 Å². The fraction of sp³-hybridized carbons (Fsp3) is 0.235. The van der Waals surface area contributed by atoms with Crippen molar-refractivity contribution in [2.75, 3.05) is 4.90 Å². The molecule has 0 atom stereocenters. The summed E-state index contributed by atoms with van der Waals surface area (Å²) >= 11 is 3.39. The van der Waals surface area contributed by atoms with Gasteiger partial charge in [-0.2, -0.15) is 0 Å². The second-order valence-electron chi connectivity index (χ2n) is 5.60. The van der Waals surface area contributed by atoms with E-state index in [1.165, 1.54) is 0 Å². The Morgan fingerprint density at radius 1 is 1.17 bits per heavy atom. The Labute approximate surface area is 143 Å². The lowest BCUT2D eigenvalue weighted by atomic mass is 10.0. The maximum Gasteiger partial charge on any atom is 0.238 e. The Bertz CT molecular complexity index is 722. The number of halogens is 1. The fourth-order valence-electron chi connectivity index (χ4n) is 2.15. The molecule has 6 heteroatoms. The van der Waals surface area contributed by atoms with Crippen molar-refractivity contribution in [3.8, 4) is 0 Å². The number of amides is 1. The molecular weight excluding hydrogens is 356 g/mol. The fourth-order valence-corrected chi connectivity index (χ4v) is 2.42. The Kier molecular flexibility index (Phi) is 5.42. The van der Waals surface area contributed by atoms with Crippen molar-refractivity contribution in [3.05, 3.63) is 75.1 Å². The van der Waals surface area contributed by atoms with E-state index >= 15 is 0 Å². The van der Waals surface area contributed by atoms with Gasteiger partial charge in [0.25, 0.3) is 0 Å². The van der Waals surface area contributed by atoms with Crippen LogP contribution >= 0.6 is 15.9 Å². The standard InChI is InChI=1S/C17H17BrN4O/c1-17(2,20-21-19)16(23)22(12-13-6-4-3-5-7-13)15-10-8-14(18)9-11-15/h3-11H,12H2,1-2H3. The summed E-state index contributed by atoms with van der Waals surface area (Å²) in [6.07, 6.45) is 0. The van der Waals surface area contributed by atoms with E-state index in [9.17, 15) is 4.79 Å². The second-order valence-corrected chi connectivity index (χ2v) is 6.52. The van der Waals surface area contributed by atoms with Gasteiger partial charge >= 0.3 is 0 Å². The first-order valence-electron chi connectivity index (χ1n) is 7.12. The van der Waals surface area contributed by atoms with Crippen LogP contribution in [0.5, 0.6) is 0 Å². The second kappa shape index (κ2) is 7.31. The highest BCUT2D eigenvalue weighted by atomic mass is 79.9. The molecule has 0 aliphatic carbocycles. The van der Waals surface area contributed by atoms with E-state index in [4.69, 9.17) is 5.53 Å². The van der Waals surface area contributed by atoms with Crippen LogP contribution in [0, 0.1) is 0 Å². The first-order valence-corrected chi connectivity index (χ1v) is 7.91. The molecule has 0 aliphatic heterocycles. The topological polar surface area (TPSA) is 69.1 Å². The van der Waals surface area contributed by atoms with Crippen LogP contribution < -0.4 is 4.90 Å². The van der Waals surface area contributed by atoms with Crippen LogP contribution in [0.15, 0.2) is 64.2 Å². The van der Waals surface area contributed by atoms with E-state index in [1.54, 1.807) is 18.7 Å². The molecule has 0 spiro atoms. The van der Waals surface area contributed by atoms with Gasteiger partial charge in [-0.05, 0) is 49.2 Å². The van der Waals surface area contributed by atoms with Gasteiger partial charge in [0.05, 0.1) is 6.54 Å². The molecule has 0 N–H and O–H groups in total. The lowest BCUT2D eigenvalue weighted by molar-refractivity contribution is -0.122. The van der Waals surface area contributed by atoms with Crippen LogP contribution in [0.3, 0.4) is 0 Å². The number of carbonyl (C=O) groups is 1. The Hall–Kier alpha value is -2.30. The zero-order chi connectivity index (χ0) is 16.9. The summed E-state index contributed by atoms with van der Waals surface area (Å²) in [6, 6.07) is 17.2. The summed E-state index contributed by atoms with van der Waals surface area (Å²) in [7, 11) is 0. The Morgan fingerprint density at radius 3 is 2.35 bits per heavy atom. The number of nitrogens with zero attached hydrogens (tertiary/aromatic N) is 4. The highest BCUT2D eigenvalue weighted by molar-refractivity contribution is 9.10. The highest BCUT2D eigenvalue weighted by Gasteiger charge is 2.32. The number of rotatable bonds is 5. The van der Waals surface area contributed by atoms with Crippen molar-refractivity contribution in [1.29, 1.82) is 0 Å². The van der Waals surface area contributed by atoms with Crippen molar-refractivity contribution < 1.29 is 4.79 Å². The normalized spacial score (nSPS) is 10.7. The van der Waals surface area contributed by atoms with Gasteiger partial charge in [0.1, 0.15) is 5.54 Å². The lowest BCUT2D eigenvalue weighted by Crippen LogP contribution is -2.43. The van der Waals surface area contributed by atoms with Crippen LogP contribution in [0.4, 0.5) is 5.69 Å². The SMILES string of the molecule is CC(C)(N=[N+]=[N-])C(=O)N(Cc1ccccc1)c1ccc(Br)cc1. The maximum atomic E-state index is 12.9. The smallest absolute Gasteiger partial charge is 0.238 e. The highest BCUT2D eigenvalue weighted by Crippen LogP contribution is 2.25. The molecule has 0 heterocycles. The Balaban J connectivity index is 2.40. The Morgan fingerprint density at radius 2 is 1.78 bits per heavy atom. The molecule has 5 nitrogen and oxygen atoms in total. The summed E-state index contributed by atoms with van der Waals surface area (Å²) in [5.41, 5.74) is 9.31. The molecule has 0 saturated carbocycles. The molecular formula is C17H17BrN4O. The van der Waals surface area contributed by atoms with Crippen LogP contribution in [0.1, 0.15) is 19.4 Å². The van der Waals surface area contributed by atoms with E-state index in [1.807, 2.05) is 54.6 Å². The predicted octanol–water partition coefficient (Wildman–Crippen LogP) is 5.07. The van der Waals surface area contributed by atoms with E-state index < -0.39 is 5.54 Å². The summed E-state index contributed by atoms with van der Waals surface area (Å²) in [5.74, 6) is -0.249. The van der Waals surface area contributed by atoms with Gasteiger partial charge in [-0.15, -0.1) is 0 Å². The van der Waals surface area contributed by atoms with Crippen LogP contribution in [-0.2, 0) is 11.3 Å². The van der Waals surface area contributed by atoms with Crippen molar-refractivity contribution >= 4 is 27.5 Å². The minimum Gasteiger partial charge on any atom is -0.307 e. The summed E-state index contributed by atoms with van der Waals surface area (Å²) in [4.78, 5) is 17.3. The maximum absolute atomic E-state index is 12.9. The number of carbonyl (C=O) groups excluding carboxylic acids is 1. The molecule has 23 heavy (non-hydrogen) atoms. The van der Waals surface area contributed by atoms with Gasteiger partial charge in [0.15, 0.2) is 0 Å². The average Bonchev–Trinajstić information content (AvgIpc) is 2.54. The lowest BCUT2D eigenvalue weighted by Gasteiger charge is -2.29. The monoisotopic (exact) mass is 372 g/mol. The molecule has 0 bridgehead atoms.